The molecule has 0 radical (unpaired) electrons. The summed E-state index contributed by atoms with van der Waals surface area (Å²) in [6.45, 7) is 3.71. The second kappa shape index (κ2) is 5.76. The highest BCUT2D eigenvalue weighted by Crippen LogP contribution is 2.49. The Morgan fingerprint density at radius 1 is 1.43 bits per heavy atom. The summed E-state index contributed by atoms with van der Waals surface area (Å²) >= 11 is 0. The molecule has 0 heterocycles. The molecule has 0 aromatic heterocycles. The van der Waals surface area contributed by atoms with Crippen molar-refractivity contribution in [3.63, 3.8) is 0 Å². The van der Waals surface area contributed by atoms with Crippen LogP contribution >= 0.6 is 0 Å². The summed E-state index contributed by atoms with van der Waals surface area (Å²) in [6.07, 6.45) is 5.05. The van der Waals surface area contributed by atoms with Crippen LogP contribution in [0.4, 0.5) is 0 Å². The van der Waals surface area contributed by atoms with Gasteiger partial charge in [0.25, 0.3) is 0 Å². The van der Waals surface area contributed by atoms with Crippen molar-refractivity contribution >= 4 is 23.8 Å². The van der Waals surface area contributed by atoms with Crippen molar-refractivity contribution < 1.29 is 23.9 Å². The number of hydrogen-bond donors (Lipinski definition) is 0. The lowest BCUT2D eigenvalue weighted by Crippen LogP contribution is -2.53. The zero-order valence-corrected chi connectivity index (χ0v) is 12.1. The van der Waals surface area contributed by atoms with Gasteiger partial charge in [0.05, 0.1) is 13.0 Å². The molecule has 5 nitrogen and oxygen atoms in total. The number of ketones is 2. The van der Waals surface area contributed by atoms with E-state index in [1.54, 1.807) is 13.8 Å². The van der Waals surface area contributed by atoms with E-state index < -0.39 is 29.0 Å². The van der Waals surface area contributed by atoms with Crippen LogP contribution in [0.2, 0.25) is 0 Å². The highest BCUT2D eigenvalue weighted by molar-refractivity contribution is 6.16. The van der Waals surface area contributed by atoms with Gasteiger partial charge in [-0.3, -0.25) is 14.4 Å². The van der Waals surface area contributed by atoms with Crippen molar-refractivity contribution in [2.24, 2.45) is 17.3 Å². The summed E-state index contributed by atoms with van der Waals surface area (Å²) < 4.78 is 4.93. The fourth-order valence-corrected chi connectivity index (χ4v) is 3.31. The first-order chi connectivity index (χ1) is 9.97. The number of esters is 1. The Morgan fingerprint density at radius 2 is 2.14 bits per heavy atom. The summed E-state index contributed by atoms with van der Waals surface area (Å²) in [5.41, 5.74) is -0.680. The Morgan fingerprint density at radius 3 is 2.76 bits per heavy atom. The van der Waals surface area contributed by atoms with Gasteiger partial charge in [-0.2, -0.15) is 0 Å². The predicted molar refractivity (Wildman–Crippen MR) is 74.3 cm³/mol. The Hall–Kier alpha value is -2.04. The number of carbonyl (C=O) groups excluding carboxylic acids is 4. The largest absolute Gasteiger partial charge is 0.466 e. The lowest BCUT2D eigenvalue weighted by atomic mass is 9.55. The quantitative estimate of drug-likeness (QED) is 0.338. The van der Waals surface area contributed by atoms with E-state index in [4.69, 9.17) is 4.74 Å². The maximum atomic E-state index is 12.4. The van der Waals surface area contributed by atoms with Crippen molar-refractivity contribution in [1.29, 1.82) is 0 Å². The lowest BCUT2D eigenvalue weighted by Gasteiger charge is -2.44. The first-order valence-electron chi connectivity index (χ1n) is 7.02. The first-order valence-corrected chi connectivity index (χ1v) is 7.02. The molecule has 2 aliphatic rings. The van der Waals surface area contributed by atoms with Crippen LogP contribution in [0.1, 0.15) is 26.7 Å². The molecule has 112 valence electrons. The topological polar surface area (TPSA) is 77.5 Å². The molecule has 0 unspecified atom stereocenters. The molecule has 0 bridgehead atoms. The summed E-state index contributed by atoms with van der Waals surface area (Å²) in [4.78, 5) is 48.0. The van der Waals surface area contributed by atoms with Gasteiger partial charge in [-0.25, -0.2) is 0 Å². The fourth-order valence-electron chi connectivity index (χ4n) is 3.31. The minimum Gasteiger partial charge on any atom is -0.466 e. The normalized spacial score (nSPS) is 31.4. The number of hydrogen-bond acceptors (Lipinski definition) is 5. The molecule has 0 aromatic carbocycles. The van der Waals surface area contributed by atoms with Crippen LogP contribution in [-0.4, -0.2) is 30.4 Å². The van der Waals surface area contributed by atoms with Crippen molar-refractivity contribution in [3.8, 4) is 0 Å². The third kappa shape index (κ3) is 2.37. The molecule has 0 amide bonds. The van der Waals surface area contributed by atoms with Gasteiger partial charge < -0.3 is 9.53 Å². The standard InChI is InChI=1S/C16H18O5/c1-3-21-15(20)8-12-10(2)4-5-11-13(18)6-7-14(19)16(11,12)9-17/h4,6-7,9,11-12H,3,5,8H2,1-2H3/t11-,12-,16+/m1/s1. The Bertz CT molecular complexity index is 557. The van der Waals surface area contributed by atoms with E-state index in [1.165, 1.54) is 6.08 Å². The predicted octanol–water partition coefficient (Wildman–Crippen LogP) is 1.42. The van der Waals surface area contributed by atoms with Gasteiger partial charge in [-0.05, 0) is 32.4 Å². The molecular weight excluding hydrogens is 272 g/mol. The van der Waals surface area contributed by atoms with Crippen LogP contribution in [-0.2, 0) is 23.9 Å². The summed E-state index contributed by atoms with van der Waals surface area (Å²) in [5.74, 6) is -2.43. The van der Waals surface area contributed by atoms with Crippen LogP contribution < -0.4 is 0 Å². The Balaban J connectivity index is 2.46. The van der Waals surface area contributed by atoms with Gasteiger partial charge in [-0.15, -0.1) is 0 Å². The number of fused-ring (bicyclic) bond motifs is 1. The highest BCUT2D eigenvalue weighted by Gasteiger charge is 2.56. The van der Waals surface area contributed by atoms with Crippen molar-refractivity contribution in [1.82, 2.24) is 0 Å². The third-order valence-electron chi connectivity index (χ3n) is 4.42. The van der Waals surface area contributed by atoms with Crippen LogP contribution in [0.5, 0.6) is 0 Å². The Labute approximate surface area is 123 Å². The smallest absolute Gasteiger partial charge is 0.306 e. The summed E-state index contributed by atoms with van der Waals surface area (Å²) in [5, 5.41) is 0. The maximum absolute atomic E-state index is 12.4. The minimum absolute atomic E-state index is 0.0712. The molecule has 0 aliphatic heterocycles. The monoisotopic (exact) mass is 290 g/mol. The van der Waals surface area contributed by atoms with Gasteiger partial charge in [0, 0.05) is 11.8 Å². The summed E-state index contributed by atoms with van der Waals surface area (Å²) in [6, 6.07) is 0. The van der Waals surface area contributed by atoms with E-state index >= 15 is 0 Å². The van der Waals surface area contributed by atoms with Crippen LogP contribution in [0, 0.1) is 17.3 Å². The second-order valence-electron chi connectivity index (χ2n) is 5.45. The Kier molecular flexibility index (Phi) is 4.21. The minimum atomic E-state index is -1.46. The average molecular weight is 290 g/mol. The average Bonchev–Trinajstić information content (AvgIpc) is 2.46. The molecule has 3 atom stereocenters. The van der Waals surface area contributed by atoms with Gasteiger partial charge in [0.15, 0.2) is 11.6 Å². The van der Waals surface area contributed by atoms with E-state index in [2.05, 4.69) is 0 Å². The second-order valence-corrected chi connectivity index (χ2v) is 5.45. The molecule has 0 fully saturated rings. The molecule has 0 saturated carbocycles. The third-order valence-corrected chi connectivity index (χ3v) is 4.42. The molecule has 2 aliphatic carbocycles. The maximum Gasteiger partial charge on any atom is 0.306 e. The number of allylic oxidation sites excluding steroid dienone is 4. The SMILES string of the molecule is CCOC(=O)C[C@@H]1C(C)=CC[C@@H]2C(=O)C=CC(=O)[C@@]21C=O. The number of carbonyl (C=O) groups is 4. The van der Waals surface area contributed by atoms with Crippen LogP contribution in [0.3, 0.4) is 0 Å². The van der Waals surface area contributed by atoms with Crippen LogP contribution in [0.25, 0.3) is 0 Å². The highest BCUT2D eigenvalue weighted by atomic mass is 16.5. The molecular formula is C16H18O5. The van der Waals surface area contributed by atoms with E-state index in [0.29, 0.717) is 12.7 Å². The number of aldehydes is 1. The van der Waals surface area contributed by atoms with Crippen molar-refractivity contribution in [2.45, 2.75) is 26.7 Å². The van der Waals surface area contributed by atoms with E-state index in [1.807, 2.05) is 6.08 Å². The molecule has 0 aromatic rings. The van der Waals surface area contributed by atoms with Crippen molar-refractivity contribution in [3.05, 3.63) is 23.8 Å². The van der Waals surface area contributed by atoms with Crippen LogP contribution in [0.15, 0.2) is 23.8 Å². The molecule has 5 heteroatoms. The van der Waals surface area contributed by atoms with Crippen molar-refractivity contribution in [2.75, 3.05) is 6.61 Å². The summed E-state index contributed by atoms with van der Waals surface area (Å²) in [7, 11) is 0. The van der Waals surface area contributed by atoms with Gasteiger partial charge >= 0.3 is 5.97 Å². The van der Waals surface area contributed by atoms with E-state index in [0.717, 1.165) is 11.6 Å². The number of rotatable bonds is 4. The molecule has 21 heavy (non-hydrogen) atoms. The first kappa shape index (κ1) is 15.4. The zero-order valence-electron chi connectivity index (χ0n) is 12.1. The molecule has 0 spiro atoms. The van der Waals surface area contributed by atoms with Gasteiger partial charge in [0.1, 0.15) is 11.7 Å². The molecule has 0 saturated heterocycles. The van der Waals surface area contributed by atoms with Gasteiger partial charge in [-0.1, -0.05) is 11.6 Å². The van der Waals surface area contributed by atoms with E-state index in [9.17, 15) is 19.2 Å². The zero-order chi connectivity index (χ0) is 15.6. The molecule has 2 rings (SSSR count). The lowest BCUT2D eigenvalue weighted by molar-refractivity contribution is -0.151. The fraction of sp³-hybridized carbons (Fsp3) is 0.500. The van der Waals surface area contributed by atoms with Gasteiger partial charge in [0.2, 0.25) is 0 Å². The molecule has 0 N–H and O–H groups in total. The number of ether oxygens (including phenoxy) is 1. The van der Waals surface area contributed by atoms with E-state index in [-0.39, 0.29) is 18.8 Å².